The molecule has 19 heavy (non-hydrogen) atoms. The molecule has 0 N–H and O–H groups in total. The first-order valence-corrected chi connectivity index (χ1v) is 8.52. The van der Waals surface area contributed by atoms with Crippen molar-refractivity contribution in [1.82, 2.24) is 0 Å². The number of hydrogen-bond acceptors (Lipinski definition) is 1. The molecule has 3 rings (SSSR count). The summed E-state index contributed by atoms with van der Waals surface area (Å²) >= 11 is 3.85. The van der Waals surface area contributed by atoms with Crippen LogP contribution in [-0.2, 0) is 11.2 Å². The third-order valence-electron chi connectivity index (χ3n) is 4.99. The molecule has 2 atom stereocenters. The first kappa shape index (κ1) is 13.6. The number of rotatable bonds is 5. The van der Waals surface area contributed by atoms with Crippen LogP contribution < -0.4 is 0 Å². The second kappa shape index (κ2) is 5.97. The number of ether oxygens (including phenoxy) is 1. The monoisotopic (exact) mass is 322 g/mol. The molecule has 2 aliphatic rings. The smallest absolute Gasteiger partial charge is 0.0652 e. The van der Waals surface area contributed by atoms with E-state index in [2.05, 4.69) is 46.3 Å². The molecule has 0 bridgehead atoms. The van der Waals surface area contributed by atoms with Gasteiger partial charge in [0.25, 0.3) is 0 Å². The number of benzene rings is 1. The summed E-state index contributed by atoms with van der Waals surface area (Å²) in [6, 6.07) is 10.7. The summed E-state index contributed by atoms with van der Waals surface area (Å²) in [5.74, 6) is 0. The topological polar surface area (TPSA) is 9.23 Å². The van der Waals surface area contributed by atoms with Crippen LogP contribution in [0, 0.1) is 5.41 Å². The second-order valence-electron chi connectivity index (χ2n) is 6.09. The van der Waals surface area contributed by atoms with Gasteiger partial charge >= 0.3 is 0 Å². The molecule has 2 aliphatic carbocycles. The molecule has 0 heterocycles. The van der Waals surface area contributed by atoms with Crippen LogP contribution in [0.5, 0.6) is 0 Å². The molecule has 0 aromatic heterocycles. The predicted octanol–water partition coefficient (Wildman–Crippen LogP) is 4.73. The maximum absolute atomic E-state index is 6.18. The molecule has 0 amide bonds. The summed E-state index contributed by atoms with van der Waals surface area (Å²) in [6.07, 6.45) is 9.54. The Kier molecular flexibility index (Phi) is 4.28. The molecule has 1 aromatic carbocycles. The van der Waals surface area contributed by atoms with Crippen LogP contribution >= 0.6 is 15.9 Å². The van der Waals surface area contributed by atoms with Crippen LogP contribution in [0.15, 0.2) is 30.3 Å². The Bertz CT molecular complexity index is 397. The lowest BCUT2D eigenvalue weighted by molar-refractivity contribution is -0.101. The Morgan fingerprint density at radius 3 is 2.58 bits per heavy atom. The van der Waals surface area contributed by atoms with Gasteiger partial charge in [-0.1, -0.05) is 59.1 Å². The van der Waals surface area contributed by atoms with Gasteiger partial charge in [0.1, 0.15) is 0 Å². The Balaban J connectivity index is 1.41. The van der Waals surface area contributed by atoms with Crippen molar-refractivity contribution in [3.05, 3.63) is 35.9 Å². The number of aryl methyl sites for hydroxylation is 1. The van der Waals surface area contributed by atoms with E-state index in [0.717, 1.165) is 19.4 Å². The summed E-state index contributed by atoms with van der Waals surface area (Å²) in [5.41, 5.74) is 1.92. The Morgan fingerprint density at radius 2 is 1.89 bits per heavy atom. The molecule has 0 saturated heterocycles. The van der Waals surface area contributed by atoms with Crippen LogP contribution in [0.2, 0.25) is 0 Å². The summed E-state index contributed by atoms with van der Waals surface area (Å²) in [6.45, 7) is 0.918. The molecular formula is C17H23BrO. The maximum atomic E-state index is 6.18. The normalized spacial score (nSPS) is 28.5. The fourth-order valence-corrected chi connectivity index (χ4v) is 4.84. The zero-order valence-corrected chi connectivity index (χ0v) is 13.1. The van der Waals surface area contributed by atoms with E-state index >= 15 is 0 Å². The lowest BCUT2D eigenvalue weighted by Crippen LogP contribution is -2.53. The first-order valence-electron chi connectivity index (χ1n) is 7.61. The minimum Gasteiger partial charge on any atom is -0.378 e. The first-order chi connectivity index (χ1) is 9.31. The molecule has 1 spiro atoms. The average molecular weight is 323 g/mol. The minimum atomic E-state index is 0.493. The van der Waals surface area contributed by atoms with Gasteiger partial charge in [0.05, 0.1) is 6.10 Å². The minimum absolute atomic E-state index is 0.493. The van der Waals surface area contributed by atoms with Crippen molar-refractivity contribution < 1.29 is 4.74 Å². The molecule has 0 aliphatic heterocycles. The highest BCUT2D eigenvalue weighted by atomic mass is 79.9. The third-order valence-corrected chi connectivity index (χ3v) is 6.28. The van der Waals surface area contributed by atoms with Crippen molar-refractivity contribution in [3.8, 4) is 0 Å². The molecule has 2 saturated carbocycles. The molecule has 2 unspecified atom stereocenters. The number of halogens is 1. The number of alkyl halides is 1. The molecule has 0 radical (unpaired) electrons. The Hall–Kier alpha value is -0.340. The van der Waals surface area contributed by atoms with E-state index in [-0.39, 0.29) is 0 Å². The molecular weight excluding hydrogens is 300 g/mol. The van der Waals surface area contributed by atoms with E-state index in [1.54, 1.807) is 0 Å². The van der Waals surface area contributed by atoms with Gasteiger partial charge in [-0.25, -0.2) is 0 Å². The van der Waals surface area contributed by atoms with Gasteiger partial charge in [0.2, 0.25) is 0 Å². The summed E-state index contributed by atoms with van der Waals surface area (Å²) in [5, 5.41) is 0. The fraction of sp³-hybridized carbons (Fsp3) is 0.647. The molecule has 2 heteroatoms. The zero-order valence-electron chi connectivity index (χ0n) is 11.5. The van der Waals surface area contributed by atoms with Crippen LogP contribution in [-0.4, -0.2) is 17.5 Å². The van der Waals surface area contributed by atoms with Crippen LogP contribution in [0.25, 0.3) is 0 Å². The predicted molar refractivity (Wildman–Crippen MR) is 82.7 cm³/mol. The highest BCUT2D eigenvalue weighted by molar-refractivity contribution is 9.09. The lowest BCUT2D eigenvalue weighted by Gasteiger charge is -2.51. The van der Waals surface area contributed by atoms with Crippen LogP contribution in [0.1, 0.15) is 44.1 Å². The Labute approximate surface area is 124 Å². The Morgan fingerprint density at radius 1 is 1.16 bits per heavy atom. The van der Waals surface area contributed by atoms with Crippen molar-refractivity contribution in [1.29, 1.82) is 0 Å². The van der Waals surface area contributed by atoms with E-state index in [1.807, 2.05) is 0 Å². The molecule has 2 fully saturated rings. The van der Waals surface area contributed by atoms with Crippen molar-refractivity contribution in [2.24, 2.45) is 5.41 Å². The summed E-state index contributed by atoms with van der Waals surface area (Å²) < 4.78 is 6.18. The number of hydrogen-bond donors (Lipinski definition) is 0. The standard InChI is InChI=1S/C17H23BrO/c18-15-13-16(17(15)10-4-5-11-17)19-12-6-9-14-7-2-1-3-8-14/h1-3,7-8,15-16H,4-6,9-13H2. The van der Waals surface area contributed by atoms with Crippen molar-refractivity contribution in [3.63, 3.8) is 0 Å². The lowest BCUT2D eigenvalue weighted by atomic mass is 9.64. The zero-order chi connectivity index (χ0) is 13.1. The van der Waals surface area contributed by atoms with Crippen molar-refractivity contribution in [2.45, 2.75) is 55.9 Å². The molecule has 104 valence electrons. The molecule has 1 aromatic rings. The largest absolute Gasteiger partial charge is 0.378 e. The van der Waals surface area contributed by atoms with E-state index < -0.39 is 0 Å². The van der Waals surface area contributed by atoms with E-state index in [0.29, 0.717) is 16.3 Å². The summed E-state index contributed by atoms with van der Waals surface area (Å²) in [4.78, 5) is 0.710. The third kappa shape index (κ3) is 2.75. The van der Waals surface area contributed by atoms with E-state index in [9.17, 15) is 0 Å². The van der Waals surface area contributed by atoms with Gasteiger partial charge in [0.15, 0.2) is 0 Å². The van der Waals surface area contributed by atoms with Crippen molar-refractivity contribution >= 4 is 15.9 Å². The average Bonchev–Trinajstić information content (AvgIpc) is 2.96. The van der Waals surface area contributed by atoms with Gasteiger partial charge < -0.3 is 4.74 Å². The van der Waals surface area contributed by atoms with Crippen LogP contribution in [0.3, 0.4) is 0 Å². The summed E-state index contributed by atoms with van der Waals surface area (Å²) in [7, 11) is 0. The van der Waals surface area contributed by atoms with Gasteiger partial charge in [0, 0.05) is 16.8 Å². The van der Waals surface area contributed by atoms with Crippen LogP contribution in [0.4, 0.5) is 0 Å². The van der Waals surface area contributed by atoms with Crippen molar-refractivity contribution in [2.75, 3.05) is 6.61 Å². The van der Waals surface area contributed by atoms with Gasteiger partial charge in [-0.05, 0) is 37.7 Å². The highest BCUT2D eigenvalue weighted by Crippen LogP contribution is 2.57. The second-order valence-corrected chi connectivity index (χ2v) is 7.20. The highest BCUT2D eigenvalue weighted by Gasteiger charge is 2.55. The van der Waals surface area contributed by atoms with E-state index in [4.69, 9.17) is 4.74 Å². The quantitative estimate of drug-likeness (QED) is 0.562. The van der Waals surface area contributed by atoms with E-state index in [1.165, 1.54) is 37.7 Å². The fourth-order valence-electron chi connectivity index (χ4n) is 3.75. The molecule has 1 nitrogen and oxygen atoms in total. The van der Waals surface area contributed by atoms with Gasteiger partial charge in [-0.15, -0.1) is 0 Å². The van der Waals surface area contributed by atoms with Gasteiger partial charge in [-0.2, -0.15) is 0 Å². The van der Waals surface area contributed by atoms with Gasteiger partial charge in [-0.3, -0.25) is 0 Å². The SMILES string of the molecule is BrC1CC(OCCCc2ccccc2)C12CCCC2. The maximum Gasteiger partial charge on any atom is 0.0652 e.